The van der Waals surface area contributed by atoms with Gasteiger partial charge in [0.15, 0.2) is 0 Å². The van der Waals surface area contributed by atoms with E-state index >= 15 is 0 Å². The van der Waals surface area contributed by atoms with E-state index in [1.54, 1.807) is 4.90 Å². The number of piperidine rings is 1. The molecule has 1 aromatic heterocycles. The predicted octanol–water partition coefficient (Wildman–Crippen LogP) is 0.690. The Bertz CT molecular complexity index is 879. The molecule has 0 spiro atoms. The number of likely N-dealkylation sites (N-methyl/N-ethyl adjacent to an activating group) is 1. The summed E-state index contributed by atoms with van der Waals surface area (Å²) in [7, 11) is 1.88. The highest BCUT2D eigenvalue weighted by atomic mass is 35.5. The number of carbonyl (C=O) groups excluding carboxylic acids is 1. The first-order chi connectivity index (χ1) is 12.6. The van der Waals surface area contributed by atoms with Gasteiger partial charge in [-0.05, 0) is 25.5 Å². The van der Waals surface area contributed by atoms with Gasteiger partial charge in [-0.3, -0.25) is 18.7 Å². The lowest BCUT2D eigenvalue weighted by atomic mass is 10.1. The fourth-order valence-corrected chi connectivity index (χ4v) is 3.28. The number of hydrogen-bond acceptors (Lipinski definition) is 4. The molecular weight excluding hydrogens is 368 g/mol. The monoisotopic (exact) mass is 392 g/mol. The summed E-state index contributed by atoms with van der Waals surface area (Å²) in [6, 6.07) is 11.1. The van der Waals surface area contributed by atoms with Crippen molar-refractivity contribution in [3.8, 4) is 0 Å². The molecule has 146 valence electrons. The van der Waals surface area contributed by atoms with Gasteiger partial charge < -0.3 is 10.2 Å². The molecule has 1 fully saturated rings. The largest absolute Gasteiger partial charge is 0.340 e. The van der Waals surface area contributed by atoms with Crippen LogP contribution in [-0.4, -0.2) is 46.1 Å². The minimum absolute atomic E-state index is 0. The van der Waals surface area contributed by atoms with Crippen LogP contribution in [0.15, 0.2) is 52.2 Å². The molecule has 0 radical (unpaired) electrons. The van der Waals surface area contributed by atoms with Crippen LogP contribution in [0.5, 0.6) is 0 Å². The third kappa shape index (κ3) is 5.08. The lowest BCUT2D eigenvalue weighted by Gasteiger charge is -2.32. The zero-order valence-corrected chi connectivity index (χ0v) is 16.2. The van der Waals surface area contributed by atoms with E-state index in [0.717, 1.165) is 23.0 Å². The van der Waals surface area contributed by atoms with Crippen molar-refractivity contribution in [1.29, 1.82) is 0 Å². The van der Waals surface area contributed by atoms with Crippen molar-refractivity contribution in [2.75, 3.05) is 20.1 Å². The average molecular weight is 393 g/mol. The number of benzene rings is 1. The van der Waals surface area contributed by atoms with E-state index in [2.05, 4.69) is 5.32 Å². The maximum Gasteiger partial charge on any atom is 0.331 e. The predicted molar refractivity (Wildman–Crippen MR) is 106 cm³/mol. The number of halogens is 1. The quantitative estimate of drug-likeness (QED) is 0.812. The van der Waals surface area contributed by atoms with Gasteiger partial charge in [0.25, 0.3) is 5.56 Å². The fraction of sp³-hybridized carbons (Fsp3) is 0.421. The van der Waals surface area contributed by atoms with Crippen molar-refractivity contribution < 1.29 is 4.79 Å². The number of nitrogens with zero attached hydrogens (tertiary/aromatic N) is 3. The average Bonchev–Trinajstić information content (AvgIpc) is 2.68. The molecule has 0 saturated carbocycles. The van der Waals surface area contributed by atoms with E-state index in [0.29, 0.717) is 19.6 Å². The summed E-state index contributed by atoms with van der Waals surface area (Å²) in [5, 5.41) is 3.18. The third-order valence-corrected chi connectivity index (χ3v) is 4.81. The third-order valence-electron chi connectivity index (χ3n) is 4.81. The Morgan fingerprint density at radius 3 is 2.63 bits per heavy atom. The van der Waals surface area contributed by atoms with Gasteiger partial charge in [0.05, 0.1) is 6.54 Å². The van der Waals surface area contributed by atoms with E-state index in [-0.39, 0.29) is 30.9 Å². The summed E-state index contributed by atoms with van der Waals surface area (Å²) in [5.74, 6) is -0.193. The molecule has 1 aliphatic rings. The molecule has 1 aliphatic heterocycles. The van der Waals surface area contributed by atoms with Gasteiger partial charge in [0.1, 0.15) is 6.54 Å². The maximum atomic E-state index is 12.7. The lowest BCUT2D eigenvalue weighted by Crippen LogP contribution is -2.50. The molecule has 2 heterocycles. The summed E-state index contributed by atoms with van der Waals surface area (Å²) in [4.78, 5) is 39.1. The topological polar surface area (TPSA) is 76.3 Å². The van der Waals surface area contributed by atoms with E-state index in [4.69, 9.17) is 0 Å². The Labute approximate surface area is 164 Å². The van der Waals surface area contributed by atoms with Crippen molar-refractivity contribution in [2.24, 2.45) is 0 Å². The van der Waals surface area contributed by atoms with Gasteiger partial charge in [-0.2, -0.15) is 0 Å². The first-order valence-electron chi connectivity index (χ1n) is 8.87. The molecule has 1 atom stereocenters. The molecule has 7 nitrogen and oxygen atoms in total. The maximum absolute atomic E-state index is 12.7. The normalized spacial score (nSPS) is 16.6. The second kappa shape index (κ2) is 9.53. The van der Waals surface area contributed by atoms with Gasteiger partial charge in [0, 0.05) is 31.4 Å². The summed E-state index contributed by atoms with van der Waals surface area (Å²) in [6.07, 6.45) is 3.42. The Balaban J connectivity index is 0.00000261. The summed E-state index contributed by atoms with van der Waals surface area (Å²) in [5.41, 5.74) is 0.0470. The first-order valence-corrected chi connectivity index (χ1v) is 8.87. The van der Waals surface area contributed by atoms with Crippen LogP contribution in [0.2, 0.25) is 0 Å². The molecule has 1 aromatic carbocycles. The lowest BCUT2D eigenvalue weighted by molar-refractivity contribution is -0.133. The number of carbonyl (C=O) groups is 1. The molecular formula is C19H25ClN4O3. The zero-order chi connectivity index (χ0) is 18.5. The number of aromatic nitrogens is 2. The standard InChI is InChI=1S/C19H24N4O3.ClH/c1-20-16-8-5-10-21(13-16)18(25)14-23-17(24)9-11-22(19(23)26)12-15-6-3-2-4-7-15;/h2-4,6-7,9,11,16,20H,5,8,10,12-14H2,1H3;1H. The van der Waals surface area contributed by atoms with Gasteiger partial charge >= 0.3 is 5.69 Å². The summed E-state index contributed by atoms with van der Waals surface area (Å²) >= 11 is 0. The summed E-state index contributed by atoms with van der Waals surface area (Å²) < 4.78 is 2.48. The fourth-order valence-electron chi connectivity index (χ4n) is 3.28. The number of amides is 1. The van der Waals surface area contributed by atoms with Crippen LogP contribution in [-0.2, 0) is 17.9 Å². The SMILES string of the molecule is CNC1CCCN(C(=O)Cn2c(=O)ccn(Cc3ccccc3)c2=O)C1.Cl. The number of likely N-dealkylation sites (tertiary alicyclic amines) is 1. The molecule has 27 heavy (non-hydrogen) atoms. The Morgan fingerprint density at radius 1 is 1.19 bits per heavy atom. The molecule has 1 saturated heterocycles. The van der Waals surface area contributed by atoms with Crippen molar-refractivity contribution in [1.82, 2.24) is 19.4 Å². The highest BCUT2D eigenvalue weighted by molar-refractivity contribution is 5.85. The van der Waals surface area contributed by atoms with Crippen LogP contribution < -0.4 is 16.6 Å². The smallest absolute Gasteiger partial charge is 0.331 e. The van der Waals surface area contributed by atoms with E-state index in [1.807, 2.05) is 37.4 Å². The van der Waals surface area contributed by atoms with Gasteiger partial charge in [-0.25, -0.2) is 4.79 Å². The number of nitrogens with one attached hydrogen (secondary N) is 1. The second-order valence-corrected chi connectivity index (χ2v) is 6.60. The van der Waals surface area contributed by atoms with Crippen molar-refractivity contribution in [3.05, 3.63) is 69.0 Å². The molecule has 8 heteroatoms. The minimum atomic E-state index is -0.461. The number of hydrogen-bond donors (Lipinski definition) is 1. The highest BCUT2D eigenvalue weighted by Gasteiger charge is 2.23. The van der Waals surface area contributed by atoms with Crippen molar-refractivity contribution in [3.63, 3.8) is 0 Å². The molecule has 1 unspecified atom stereocenters. The Kier molecular flexibility index (Phi) is 7.38. The van der Waals surface area contributed by atoms with E-state index in [1.165, 1.54) is 16.8 Å². The van der Waals surface area contributed by atoms with Crippen LogP contribution in [0, 0.1) is 0 Å². The Morgan fingerprint density at radius 2 is 1.93 bits per heavy atom. The highest BCUT2D eigenvalue weighted by Crippen LogP contribution is 2.10. The van der Waals surface area contributed by atoms with E-state index in [9.17, 15) is 14.4 Å². The van der Waals surface area contributed by atoms with Crippen molar-refractivity contribution in [2.45, 2.75) is 32.0 Å². The van der Waals surface area contributed by atoms with E-state index < -0.39 is 11.2 Å². The molecule has 1 N–H and O–H groups in total. The van der Waals surface area contributed by atoms with Crippen LogP contribution in [0.1, 0.15) is 18.4 Å². The molecule has 3 rings (SSSR count). The number of rotatable bonds is 5. The van der Waals surface area contributed by atoms with Crippen LogP contribution in [0.4, 0.5) is 0 Å². The molecule has 0 aliphatic carbocycles. The molecule has 1 amide bonds. The van der Waals surface area contributed by atoms with Gasteiger partial charge in [0.2, 0.25) is 5.91 Å². The summed E-state index contributed by atoms with van der Waals surface area (Å²) in [6.45, 7) is 1.41. The molecule has 0 bridgehead atoms. The molecule has 2 aromatic rings. The van der Waals surface area contributed by atoms with Gasteiger partial charge in [-0.1, -0.05) is 30.3 Å². The Hall–Kier alpha value is -2.38. The minimum Gasteiger partial charge on any atom is -0.340 e. The first kappa shape index (κ1) is 20.9. The van der Waals surface area contributed by atoms with Gasteiger partial charge in [-0.15, -0.1) is 12.4 Å². The zero-order valence-electron chi connectivity index (χ0n) is 15.3. The van der Waals surface area contributed by atoms with Crippen LogP contribution in [0.25, 0.3) is 0 Å². The second-order valence-electron chi connectivity index (χ2n) is 6.60. The van der Waals surface area contributed by atoms with Crippen LogP contribution in [0.3, 0.4) is 0 Å². The van der Waals surface area contributed by atoms with Crippen LogP contribution >= 0.6 is 12.4 Å². The van der Waals surface area contributed by atoms with Crippen molar-refractivity contribution >= 4 is 18.3 Å².